The molecule has 3 aromatic rings. The second-order valence-electron chi connectivity index (χ2n) is 8.54. The summed E-state index contributed by atoms with van der Waals surface area (Å²) in [6, 6.07) is 14.7. The maximum absolute atomic E-state index is 13.1. The van der Waals surface area contributed by atoms with Crippen molar-refractivity contribution in [3.05, 3.63) is 86.2 Å². The first-order chi connectivity index (χ1) is 16.2. The van der Waals surface area contributed by atoms with Crippen LogP contribution in [0, 0.1) is 12.8 Å². The van der Waals surface area contributed by atoms with E-state index < -0.39 is 17.3 Å². The quantitative estimate of drug-likeness (QED) is 0.476. The molecule has 0 aliphatic carbocycles. The summed E-state index contributed by atoms with van der Waals surface area (Å²) in [4.78, 5) is 43.8. The van der Waals surface area contributed by atoms with E-state index in [1.54, 1.807) is 24.3 Å². The molecule has 0 saturated carbocycles. The fourth-order valence-electron chi connectivity index (χ4n) is 3.22. The fraction of sp³-hybridized carbons (Fsp3) is 0.360. The van der Waals surface area contributed by atoms with Gasteiger partial charge in [-0.2, -0.15) is 0 Å². The number of rotatable bonds is 10. The van der Waals surface area contributed by atoms with E-state index in [1.807, 2.05) is 31.2 Å². The standard InChI is InChI=1S/C25H30N4O5/c1-17(2)13-15-34-21-10-8-20(9-11-21)26-23-27-24(32)28(14-12-22(30)31)25(33)29(23)16-19-6-4-18(3)5-7-19/h4-11,17H,12-16H2,1-3H3,(H,30,31)(H,26,27,32). The lowest BCUT2D eigenvalue weighted by Crippen LogP contribution is -2.50. The molecule has 1 aromatic heterocycles. The van der Waals surface area contributed by atoms with Gasteiger partial charge in [-0.1, -0.05) is 43.7 Å². The first kappa shape index (κ1) is 24.8. The van der Waals surface area contributed by atoms with Crippen molar-refractivity contribution in [1.29, 1.82) is 0 Å². The number of ether oxygens (including phenoxy) is 1. The molecule has 2 aromatic carbocycles. The van der Waals surface area contributed by atoms with Crippen molar-refractivity contribution in [2.75, 3.05) is 6.61 Å². The van der Waals surface area contributed by atoms with Crippen molar-refractivity contribution < 1.29 is 14.6 Å². The minimum atomic E-state index is -1.10. The third-order valence-electron chi connectivity index (χ3n) is 5.23. The van der Waals surface area contributed by atoms with E-state index in [9.17, 15) is 14.4 Å². The van der Waals surface area contributed by atoms with Gasteiger partial charge < -0.3 is 9.84 Å². The number of carbonyl (C=O) groups is 1. The zero-order valence-corrected chi connectivity index (χ0v) is 19.7. The SMILES string of the molecule is Cc1ccc(Cn2c(=O)n(CCC(=O)O)c(=O)[nH]/c2=N\c2ccc(OCCC(C)C)cc2)cc1. The highest BCUT2D eigenvalue weighted by molar-refractivity contribution is 5.66. The van der Waals surface area contributed by atoms with Gasteiger partial charge in [0.2, 0.25) is 5.62 Å². The van der Waals surface area contributed by atoms with Crippen LogP contribution in [0.4, 0.5) is 5.69 Å². The molecule has 0 bridgehead atoms. The second kappa shape index (κ2) is 11.3. The molecular weight excluding hydrogens is 436 g/mol. The predicted octanol–water partition coefficient (Wildman–Crippen LogP) is 2.83. The molecule has 0 unspecified atom stereocenters. The summed E-state index contributed by atoms with van der Waals surface area (Å²) in [5.74, 6) is 0.165. The van der Waals surface area contributed by atoms with Gasteiger partial charge in [-0.3, -0.25) is 14.3 Å². The maximum atomic E-state index is 13.1. The van der Waals surface area contributed by atoms with Crippen LogP contribution in [0.15, 0.2) is 63.1 Å². The minimum Gasteiger partial charge on any atom is -0.494 e. The van der Waals surface area contributed by atoms with Crippen molar-refractivity contribution in [1.82, 2.24) is 14.1 Å². The Bertz CT molecular complexity index is 1300. The number of hydrogen-bond acceptors (Lipinski definition) is 5. The Morgan fingerprint density at radius 3 is 2.35 bits per heavy atom. The molecule has 2 N–H and O–H groups in total. The number of carboxylic acid groups (broad SMARTS) is 1. The topological polar surface area (TPSA) is 119 Å². The van der Waals surface area contributed by atoms with Crippen LogP contribution in [0.25, 0.3) is 0 Å². The summed E-state index contributed by atoms with van der Waals surface area (Å²) < 4.78 is 7.94. The summed E-state index contributed by atoms with van der Waals surface area (Å²) >= 11 is 0. The first-order valence-corrected chi connectivity index (χ1v) is 11.2. The van der Waals surface area contributed by atoms with Crippen LogP contribution in [0.1, 0.15) is 37.8 Å². The number of aromatic nitrogens is 3. The van der Waals surface area contributed by atoms with Crippen LogP contribution in [0.3, 0.4) is 0 Å². The zero-order valence-electron chi connectivity index (χ0n) is 19.7. The molecule has 0 fully saturated rings. The number of hydrogen-bond donors (Lipinski definition) is 2. The van der Waals surface area contributed by atoms with Gasteiger partial charge in [-0.15, -0.1) is 0 Å². The van der Waals surface area contributed by atoms with Crippen molar-refractivity contribution in [3.8, 4) is 5.75 Å². The Morgan fingerprint density at radius 2 is 1.74 bits per heavy atom. The van der Waals surface area contributed by atoms with Crippen molar-refractivity contribution in [2.45, 2.75) is 46.7 Å². The van der Waals surface area contributed by atoms with Gasteiger partial charge in [-0.25, -0.2) is 19.1 Å². The molecule has 0 atom stereocenters. The highest BCUT2D eigenvalue weighted by Gasteiger charge is 2.11. The molecule has 3 rings (SSSR count). The summed E-state index contributed by atoms with van der Waals surface area (Å²) in [6.45, 7) is 6.78. The molecule has 0 spiro atoms. The number of nitrogens with one attached hydrogen (secondary N) is 1. The number of aliphatic carboxylic acids is 1. The Hall–Kier alpha value is -3.88. The molecule has 0 aliphatic rings. The second-order valence-corrected chi connectivity index (χ2v) is 8.54. The van der Waals surface area contributed by atoms with Crippen LogP contribution in [-0.2, 0) is 17.9 Å². The molecule has 0 saturated heterocycles. The summed E-state index contributed by atoms with van der Waals surface area (Å²) in [6.07, 6.45) is 0.604. The summed E-state index contributed by atoms with van der Waals surface area (Å²) in [5, 5.41) is 8.98. The number of H-pyrrole nitrogens is 1. The predicted molar refractivity (Wildman–Crippen MR) is 128 cm³/mol. The van der Waals surface area contributed by atoms with E-state index in [4.69, 9.17) is 9.84 Å². The lowest BCUT2D eigenvalue weighted by Gasteiger charge is -2.11. The highest BCUT2D eigenvalue weighted by atomic mass is 16.5. The minimum absolute atomic E-state index is 0.0793. The van der Waals surface area contributed by atoms with Crippen LogP contribution in [0.5, 0.6) is 5.75 Å². The Morgan fingerprint density at radius 1 is 1.06 bits per heavy atom. The van der Waals surface area contributed by atoms with E-state index in [1.165, 1.54) is 4.57 Å². The smallest absolute Gasteiger partial charge is 0.335 e. The first-order valence-electron chi connectivity index (χ1n) is 11.2. The van der Waals surface area contributed by atoms with E-state index in [0.717, 1.165) is 22.1 Å². The molecule has 9 nitrogen and oxygen atoms in total. The van der Waals surface area contributed by atoms with Gasteiger partial charge in [-0.05, 0) is 49.1 Å². The largest absolute Gasteiger partial charge is 0.494 e. The normalized spacial score (nSPS) is 11.7. The Labute approximate surface area is 197 Å². The van der Waals surface area contributed by atoms with Crippen LogP contribution in [-0.4, -0.2) is 31.8 Å². The van der Waals surface area contributed by atoms with Crippen molar-refractivity contribution in [3.63, 3.8) is 0 Å². The zero-order chi connectivity index (χ0) is 24.7. The highest BCUT2D eigenvalue weighted by Crippen LogP contribution is 2.18. The molecule has 1 heterocycles. The van der Waals surface area contributed by atoms with Gasteiger partial charge in [0.25, 0.3) is 0 Å². The van der Waals surface area contributed by atoms with E-state index in [2.05, 4.69) is 23.8 Å². The van der Waals surface area contributed by atoms with E-state index in [-0.39, 0.29) is 25.1 Å². The van der Waals surface area contributed by atoms with Crippen LogP contribution >= 0.6 is 0 Å². The molecule has 180 valence electrons. The molecular formula is C25H30N4O5. The number of aryl methyl sites for hydroxylation is 1. The van der Waals surface area contributed by atoms with Gasteiger partial charge in [0.05, 0.1) is 25.3 Å². The summed E-state index contributed by atoms with van der Waals surface area (Å²) in [5.41, 5.74) is 1.20. The Balaban J connectivity index is 2.00. The van der Waals surface area contributed by atoms with E-state index in [0.29, 0.717) is 24.0 Å². The molecule has 0 radical (unpaired) electrons. The van der Waals surface area contributed by atoms with Crippen molar-refractivity contribution in [2.24, 2.45) is 10.9 Å². The number of aromatic amines is 1. The average Bonchev–Trinajstić information content (AvgIpc) is 2.78. The van der Waals surface area contributed by atoms with Gasteiger partial charge in [0.15, 0.2) is 0 Å². The molecule has 0 aliphatic heterocycles. The lowest BCUT2D eigenvalue weighted by atomic mass is 10.1. The number of carboxylic acids is 1. The molecule has 0 amide bonds. The lowest BCUT2D eigenvalue weighted by molar-refractivity contribution is -0.137. The van der Waals surface area contributed by atoms with Crippen molar-refractivity contribution >= 4 is 11.7 Å². The monoisotopic (exact) mass is 466 g/mol. The maximum Gasteiger partial charge on any atom is 0.335 e. The van der Waals surface area contributed by atoms with Gasteiger partial charge in [0, 0.05) is 6.54 Å². The number of nitrogens with zero attached hydrogens (tertiary/aromatic N) is 3. The fourth-order valence-corrected chi connectivity index (χ4v) is 3.22. The van der Waals surface area contributed by atoms with Gasteiger partial charge in [0.1, 0.15) is 5.75 Å². The number of benzene rings is 2. The van der Waals surface area contributed by atoms with Gasteiger partial charge >= 0.3 is 17.3 Å². The van der Waals surface area contributed by atoms with Crippen LogP contribution < -0.4 is 21.7 Å². The average molecular weight is 467 g/mol. The third kappa shape index (κ3) is 6.81. The molecule has 9 heteroatoms. The van der Waals surface area contributed by atoms with E-state index >= 15 is 0 Å². The van der Waals surface area contributed by atoms with Crippen LogP contribution in [0.2, 0.25) is 0 Å². The summed E-state index contributed by atoms with van der Waals surface area (Å²) in [7, 11) is 0. The third-order valence-corrected chi connectivity index (χ3v) is 5.23. The Kier molecular flexibility index (Phi) is 8.24. The molecule has 34 heavy (non-hydrogen) atoms.